The first-order valence-corrected chi connectivity index (χ1v) is 9.32. The van der Waals surface area contributed by atoms with Gasteiger partial charge in [0.1, 0.15) is 5.75 Å². The summed E-state index contributed by atoms with van der Waals surface area (Å²) in [5.74, 6) is 0.263. The Bertz CT molecular complexity index is 761. The minimum atomic E-state index is -1.07. The number of rotatable bonds is 3. The van der Waals surface area contributed by atoms with E-state index in [1.807, 2.05) is 6.07 Å². The number of aromatic hydroxyl groups is 1. The second kappa shape index (κ2) is 6.27. The molecule has 0 spiro atoms. The van der Waals surface area contributed by atoms with E-state index < -0.39 is 12.6 Å². The molecule has 140 valence electrons. The van der Waals surface area contributed by atoms with Crippen LogP contribution in [0.2, 0.25) is 0 Å². The number of oxime groups is 1. The van der Waals surface area contributed by atoms with E-state index in [9.17, 15) is 15.0 Å². The second-order valence-electron chi connectivity index (χ2n) is 8.20. The van der Waals surface area contributed by atoms with Crippen LogP contribution in [-0.4, -0.2) is 39.7 Å². The zero-order valence-corrected chi connectivity index (χ0v) is 14.9. The van der Waals surface area contributed by atoms with Gasteiger partial charge in [-0.25, -0.2) is 4.79 Å². The number of aliphatic carboxylic acids is 1. The molecule has 0 bridgehead atoms. The molecular formula is C20H25NO5. The van der Waals surface area contributed by atoms with Crippen LogP contribution in [0.1, 0.15) is 56.1 Å². The van der Waals surface area contributed by atoms with E-state index >= 15 is 0 Å². The van der Waals surface area contributed by atoms with Crippen molar-refractivity contribution in [2.24, 2.45) is 22.4 Å². The van der Waals surface area contributed by atoms with Crippen LogP contribution < -0.4 is 0 Å². The van der Waals surface area contributed by atoms with Gasteiger partial charge in [0.15, 0.2) is 0 Å². The molecule has 26 heavy (non-hydrogen) atoms. The summed E-state index contributed by atoms with van der Waals surface area (Å²) in [5, 5.41) is 33.3. The third kappa shape index (κ3) is 2.67. The maximum atomic E-state index is 10.7. The molecule has 5 atom stereocenters. The van der Waals surface area contributed by atoms with Crippen molar-refractivity contribution in [3.05, 3.63) is 29.3 Å². The molecule has 0 amide bonds. The number of fused-ring (bicyclic) bond motifs is 5. The number of nitrogens with zero attached hydrogens (tertiary/aromatic N) is 1. The number of aliphatic hydroxyl groups excluding tert-OH is 1. The average molecular weight is 359 g/mol. The summed E-state index contributed by atoms with van der Waals surface area (Å²) >= 11 is 0. The Hall–Kier alpha value is -2.08. The molecule has 6 heteroatoms. The molecule has 0 heterocycles. The third-order valence-electron chi connectivity index (χ3n) is 6.93. The number of benzene rings is 1. The number of phenolic OH excluding ortho intramolecular Hbond substituents is 1. The largest absolute Gasteiger partial charge is 0.508 e. The lowest BCUT2D eigenvalue weighted by molar-refractivity contribution is -0.142. The summed E-state index contributed by atoms with van der Waals surface area (Å²) in [6.45, 7) is 1.72. The van der Waals surface area contributed by atoms with Crippen molar-refractivity contribution in [1.82, 2.24) is 0 Å². The van der Waals surface area contributed by atoms with Gasteiger partial charge in [0, 0.05) is 5.56 Å². The molecule has 3 aliphatic rings. The molecule has 0 saturated heterocycles. The van der Waals surface area contributed by atoms with Crippen LogP contribution in [0.25, 0.3) is 0 Å². The van der Waals surface area contributed by atoms with Gasteiger partial charge in [0.25, 0.3) is 0 Å². The van der Waals surface area contributed by atoms with E-state index in [-0.39, 0.29) is 17.3 Å². The summed E-state index contributed by atoms with van der Waals surface area (Å²) in [6, 6.07) is 5.36. The van der Waals surface area contributed by atoms with Crippen LogP contribution in [0.5, 0.6) is 5.75 Å². The normalized spacial score (nSPS) is 36.9. The van der Waals surface area contributed by atoms with Crippen LogP contribution in [0.15, 0.2) is 23.4 Å². The molecule has 2 saturated carbocycles. The Morgan fingerprint density at radius 3 is 2.92 bits per heavy atom. The van der Waals surface area contributed by atoms with Crippen molar-refractivity contribution < 1.29 is 25.0 Å². The summed E-state index contributed by atoms with van der Waals surface area (Å²) < 4.78 is 0. The van der Waals surface area contributed by atoms with E-state index in [2.05, 4.69) is 12.1 Å². The summed E-state index contributed by atoms with van der Waals surface area (Å²) in [4.78, 5) is 15.8. The summed E-state index contributed by atoms with van der Waals surface area (Å²) in [6.07, 6.45) is 4.30. The van der Waals surface area contributed by atoms with Crippen LogP contribution in [0, 0.1) is 17.3 Å². The molecule has 0 aromatic heterocycles. The molecule has 3 N–H and O–H groups in total. The first kappa shape index (κ1) is 17.3. The first-order valence-electron chi connectivity index (χ1n) is 9.32. The van der Waals surface area contributed by atoms with Gasteiger partial charge in [0.05, 0.1) is 11.8 Å². The maximum absolute atomic E-state index is 10.7. The van der Waals surface area contributed by atoms with Crippen LogP contribution in [0.4, 0.5) is 0 Å². The van der Waals surface area contributed by atoms with Gasteiger partial charge in [-0.3, -0.25) is 0 Å². The Morgan fingerprint density at radius 2 is 2.15 bits per heavy atom. The average Bonchev–Trinajstić information content (AvgIpc) is 2.90. The van der Waals surface area contributed by atoms with Crippen LogP contribution >= 0.6 is 0 Å². The van der Waals surface area contributed by atoms with E-state index in [4.69, 9.17) is 9.94 Å². The fraction of sp³-hybridized carbons (Fsp3) is 0.600. The van der Waals surface area contributed by atoms with Gasteiger partial charge in [-0.2, -0.15) is 0 Å². The molecule has 2 fully saturated rings. The van der Waals surface area contributed by atoms with Crippen molar-refractivity contribution in [2.75, 3.05) is 6.61 Å². The molecule has 1 aromatic carbocycles. The molecule has 5 unspecified atom stereocenters. The van der Waals surface area contributed by atoms with Gasteiger partial charge >= 0.3 is 5.97 Å². The highest BCUT2D eigenvalue weighted by atomic mass is 16.6. The smallest absolute Gasteiger partial charge is 0.344 e. The van der Waals surface area contributed by atoms with Gasteiger partial charge in [-0.05, 0) is 73.0 Å². The molecule has 0 radical (unpaired) electrons. The maximum Gasteiger partial charge on any atom is 0.344 e. The van der Waals surface area contributed by atoms with Crippen LogP contribution in [0.3, 0.4) is 0 Å². The number of aliphatic hydroxyl groups is 1. The Balaban J connectivity index is 1.72. The van der Waals surface area contributed by atoms with E-state index in [1.54, 1.807) is 12.1 Å². The second-order valence-corrected chi connectivity index (χ2v) is 8.20. The zero-order valence-electron chi connectivity index (χ0n) is 14.9. The predicted molar refractivity (Wildman–Crippen MR) is 95.2 cm³/mol. The zero-order chi connectivity index (χ0) is 18.5. The van der Waals surface area contributed by atoms with Crippen molar-refractivity contribution in [3.63, 3.8) is 0 Å². The van der Waals surface area contributed by atoms with Crippen molar-refractivity contribution in [2.45, 2.75) is 51.0 Å². The first-order chi connectivity index (χ1) is 12.4. The molecule has 6 nitrogen and oxygen atoms in total. The quantitative estimate of drug-likeness (QED) is 0.721. The van der Waals surface area contributed by atoms with Gasteiger partial charge in [-0.15, -0.1) is 0 Å². The standard InChI is InChI=1S/C20H25NO5/c1-20-7-6-13-12-3-2-11(22)8-15(12)17(21-26-10-19(24)25)9-14(13)16(20)4-5-18(20)23/h2-3,8,13-14,16,18,22-23H,4-7,9-10H2,1H3,(H,24,25)/b21-17-. The minimum absolute atomic E-state index is 0.0530. The van der Waals surface area contributed by atoms with Crippen LogP contribution in [-0.2, 0) is 9.63 Å². The Morgan fingerprint density at radius 1 is 1.35 bits per heavy atom. The highest BCUT2D eigenvalue weighted by Crippen LogP contribution is 2.60. The summed E-state index contributed by atoms with van der Waals surface area (Å²) in [7, 11) is 0. The highest BCUT2D eigenvalue weighted by Gasteiger charge is 2.55. The fourth-order valence-electron chi connectivity index (χ4n) is 5.63. The number of carbonyl (C=O) groups is 1. The molecule has 0 aliphatic heterocycles. The van der Waals surface area contributed by atoms with E-state index in [0.29, 0.717) is 29.9 Å². The van der Waals surface area contributed by atoms with Crippen molar-refractivity contribution in [1.29, 1.82) is 0 Å². The lowest BCUT2D eigenvalue weighted by Crippen LogP contribution is -2.45. The number of hydrogen-bond donors (Lipinski definition) is 3. The molecule has 3 aliphatic carbocycles. The lowest BCUT2D eigenvalue weighted by Gasteiger charge is -2.50. The number of hydrogen-bond acceptors (Lipinski definition) is 5. The topological polar surface area (TPSA) is 99.4 Å². The fourth-order valence-corrected chi connectivity index (χ4v) is 5.63. The Kier molecular flexibility index (Phi) is 4.18. The third-order valence-corrected chi connectivity index (χ3v) is 6.93. The van der Waals surface area contributed by atoms with Gasteiger partial charge in [-0.1, -0.05) is 18.1 Å². The monoisotopic (exact) mass is 359 g/mol. The number of carboxylic acid groups (broad SMARTS) is 1. The van der Waals surface area contributed by atoms with E-state index in [0.717, 1.165) is 36.8 Å². The highest BCUT2D eigenvalue weighted by molar-refractivity contribution is 6.03. The van der Waals surface area contributed by atoms with Gasteiger partial charge < -0.3 is 20.2 Å². The molecule has 4 rings (SSSR count). The molecule has 1 aromatic rings. The number of carboxylic acids is 1. The molecular weight excluding hydrogens is 334 g/mol. The number of phenols is 1. The lowest BCUT2D eigenvalue weighted by atomic mass is 9.55. The summed E-state index contributed by atoms with van der Waals surface area (Å²) in [5.41, 5.74) is 2.66. The SMILES string of the molecule is CC12CCC3c4ccc(O)cc4/C(=N\OCC(=O)O)CC3C1CCC2O. The van der Waals surface area contributed by atoms with E-state index in [1.165, 1.54) is 0 Å². The Labute approximate surface area is 152 Å². The van der Waals surface area contributed by atoms with Crippen molar-refractivity contribution in [3.8, 4) is 5.75 Å². The van der Waals surface area contributed by atoms with Crippen molar-refractivity contribution >= 4 is 11.7 Å². The van der Waals surface area contributed by atoms with Gasteiger partial charge in [0.2, 0.25) is 6.61 Å². The minimum Gasteiger partial charge on any atom is -0.508 e. The predicted octanol–water partition coefficient (Wildman–Crippen LogP) is 2.87.